The van der Waals surface area contributed by atoms with Gasteiger partial charge in [0, 0.05) is 17.8 Å². The molecule has 0 spiro atoms. The van der Waals surface area contributed by atoms with Gasteiger partial charge in [0.1, 0.15) is 11.9 Å². The molecule has 5 nitrogen and oxygen atoms in total. The highest BCUT2D eigenvalue weighted by Gasteiger charge is 2.22. The maximum Gasteiger partial charge on any atom is 0.250 e. The second kappa shape index (κ2) is 5.36. The number of para-hydroxylation sites is 1. The topological polar surface area (TPSA) is 90.4 Å². The number of fused-ring (bicyclic) bond motifs is 1. The van der Waals surface area contributed by atoms with Gasteiger partial charge in [0.2, 0.25) is 0 Å². The minimum Gasteiger partial charge on any atom is -0.488 e. The smallest absolute Gasteiger partial charge is 0.250 e. The molecule has 0 radical (unpaired) electrons. The molecule has 0 saturated heterocycles. The van der Waals surface area contributed by atoms with Gasteiger partial charge in [-0.05, 0) is 29.8 Å². The highest BCUT2D eigenvalue weighted by molar-refractivity contribution is 5.99. The van der Waals surface area contributed by atoms with E-state index in [1.807, 2.05) is 18.2 Å². The largest absolute Gasteiger partial charge is 0.488 e. The van der Waals surface area contributed by atoms with E-state index in [0.29, 0.717) is 23.5 Å². The summed E-state index contributed by atoms with van der Waals surface area (Å²) in [5.74, 6) is 0.445. The van der Waals surface area contributed by atoms with Gasteiger partial charge in [-0.15, -0.1) is 0 Å². The summed E-state index contributed by atoms with van der Waals surface area (Å²) in [6, 6.07) is 13.0. The third-order valence-electron chi connectivity index (χ3n) is 3.54. The minimum absolute atomic E-state index is 0.0320. The van der Waals surface area contributed by atoms with Crippen LogP contribution in [0.1, 0.15) is 15.9 Å². The second-order valence-corrected chi connectivity index (χ2v) is 5.10. The van der Waals surface area contributed by atoms with E-state index in [1.54, 1.807) is 18.2 Å². The van der Waals surface area contributed by atoms with Crippen molar-refractivity contribution in [3.05, 3.63) is 53.6 Å². The number of benzene rings is 2. The molecular formula is C16H17N3O2. The summed E-state index contributed by atoms with van der Waals surface area (Å²) in [4.78, 5) is 11.4. The summed E-state index contributed by atoms with van der Waals surface area (Å²) in [5, 5.41) is 3.21. The fourth-order valence-electron chi connectivity index (χ4n) is 2.51. The van der Waals surface area contributed by atoms with Crippen molar-refractivity contribution in [1.29, 1.82) is 0 Å². The Labute approximate surface area is 122 Å². The van der Waals surface area contributed by atoms with Crippen molar-refractivity contribution in [3.8, 4) is 5.75 Å². The molecule has 0 saturated carbocycles. The number of carbonyl (C=O) groups is 1. The maximum atomic E-state index is 11.4. The number of hydrogen-bond acceptors (Lipinski definition) is 4. The van der Waals surface area contributed by atoms with Crippen molar-refractivity contribution in [2.75, 3.05) is 17.6 Å². The standard InChI is InChI=1S/C16H17N3O2/c17-11-5-6-13(16(18)20)14(8-11)19-9-12-7-10-3-1-2-4-15(10)21-12/h1-6,8,12,19H,7,9,17H2,(H2,18,20). The van der Waals surface area contributed by atoms with Crippen LogP contribution in [0.25, 0.3) is 0 Å². The summed E-state index contributed by atoms with van der Waals surface area (Å²) in [7, 11) is 0. The average molecular weight is 283 g/mol. The summed E-state index contributed by atoms with van der Waals surface area (Å²) in [6.45, 7) is 0.582. The van der Waals surface area contributed by atoms with Crippen LogP contribution in [-0.4, -0.2) is 18.6 Å². The molecule has 0 bridgehead atoms. The molecule has 1 aliphatic rings. The van der Waals surface area contributed by atoms with Crippen LogP contribution in [0.2, 0.25) is 0 Å². The van der Waals surface area contributed by atoms with Crippen molar-refractivity contribution in [2.24, 2.45) is 5.73 Å². The summed E-state index contributed by atoms with van der Waals surface area (Å²) in [6.07, 6.45) is 0.877. The Morgan fingerprint density at radius 2 is 2.10 bits per heavy atom. The van der Waals surface area contributed by atoms with E-state index in [1.165, 1.54) is 5.56 Å². The van der Waals surface area contributed by atoms with Crippen LogP contribution in [0.4, 0.5) is 11.4 Å². The molecule has 1 heterocycles. The number of hydrogen-bond donors (Lipinski definition) is 3. The van der Waals surface area contributed by atoms with E-state index in [0.717, 1.165) is 12.2 Å². The zero-order valence-electron chi connectivity index (χ0n) is 11.5. The van der Waals surface area contributed by atoms with Crippen LogP contribution in [0, 0.1) is 0 Å². The number of nitrogens with one attached hydrogen (secondary N) is 1. The van der Waals surface area contributed by atoms with Gasteiger partial charge in [0.05, 0.1) is 12.1 Å². The lowest BCUT2D eigenvalue weighted by Crippen LogP contribution is -2.25. The van der Waals surface area contributed by atoms with E-state index in [2.05, 4.69) is 11.4 Å². The van der Waals surface area contributed by atoms with Crippen molar-refractivity contribution in [2.45, 2.75) is 12.5 Å². The first-order chi connectivity index (χ1) is 10.1. The van der Waals surface area contributed by atoms with Gasteiger partial charge >= 0.3 is 0 Å². The van der Waals surface area contributed by atoms with Crippen LogP contribution >= 0.6 is 0 Å². The Hall–Kier alpha value is -2.69. The average Bonchev–Trinajstić information content (AvgIpc) is 2.87. The monoisotopic (exact) mass is 283 g/mol. The minimum atomic E-state index is -0.479. The molecule has 108 valence electrons. The van der Waals surface area contributed by atoms with Crippen molar-refractivity contribution < 1.29 is 9.53 Å². The lowest BCUT2D eigenvalue weighted by atomic mass is 10.1. The number of anilines is 2. The van der Waals surface area contributed by atoms with Crippen molar-refractivity contribution >= 4 is 17.3 Å². The van der Waals surface area contributed by atoms with Gasteiger partial charge in [0.25, 0.3) is 5.91 Å². The fourth-order valence-corrected chi connectivity index (χ4v) is 2.51. The Morgan fingerprint density at radius 3 is 2.86 bits per heavy atom. The Morgan fingerprint density at radius 1 is 1.29 bits per heavy atom. The van der Waals surface area contributed by atoms with Crippen molar-refractivity contribution in [1.82, 2.24) is 0 Å². The molecule has 21 heavy (non-hydrogen) atoms. The summed E-state index contributed by atoms with van der Waals surface area (Å²) in [5.41, 5.74) is 14.0. The van der Waals surface area contributed by atoms with Crippen LogP contribution < -0.4 is 21.5 Å². The quantitative estimate of drug-likeness (QED) is 0.746. The molecule has 3 rings (SSSR count). The van der Waals surface area contributed by atoms with Crippen LogP contribution in [0.3, 0.4) is 0 Å². The molecule has 1 atom stereocenters. The number of nitrogen functional groups attached to an aromatic ring is 1. The number of amides is 1. The summed E-state index contributed by atoms with van der Waals surface area (Å²) >= 11 is 0. The van der Waals surface area contributed by atoms with Crippen LogP contribution in [-0.2, 0) is 6.42 Å². The zero-order chi connectivity index (χ0) is 14.8. The van der Waals surface area contributed by atoms with Gasteiger partial charge in [-0.2, -0.15) is 0 Å². The predicted octanol–water partition coefficient (Wildman–Crippen LogP) is 1.78. The first-order valence-electron chi connectivity index (χ1n) is 6.81. The zero-order valence-corrected chi connectivity index (χ0v) is 11.5. The van der Waals surface area contributed by atoms with E-state index in [4.69, 9.17) is 16.2 Å². The molecule has 1 amide bonds. The second-order valence-electron chi connectivity index (χ2n) is 5.10. The molecule has 1 unspecified atom stereocenters. The van der Waals surface area contributed by atoms with Gasteiger partial charge < -0.3 is 21.5 Å². The normalized spacial score (nSPS) is 16.1. The van der Waals surface area contributed by atoms with E-state index in [9.17, 15) is 4.79 Å². The first kappa shape index (κ1) is 13.3. The lowest BCUT2D eigenvalue weighted by Gasteiger charge is -2.15. The Kier molecular flexibility index (Phi) is 3.39. The highest BCUT2D eigenvalue weighted by atomic mass is 16.5. The number of carbonyl (C=O) groups excluding carboxylic acids is 1. The van der Waals surface area contributed by atoms with Crippen LogP contribution in [0.5, 0.6) is 5.75 Å². The Balaban J connectivity index is 1.69. The molecule has 5 heteroatoms. The SMILES string of the molecule is NC(=O)c1ccc(N)cc1NCC1Cc2ccccc2O1. The number of rotatable bonds is 4. The Bertz CT molecular complexity index is 660. The highest BCUT2D eigenvalue weighted by Crippen LogP contribution is 2.28. The summed E-state index contributed by atoms with van der Waals surface area (Å²) < 4.78 is 5.85. The molecule has 0 aromatic heterocycles. The third kappa shape index (κ3) is 2.76. The van der Waals surface area contributed by atoms with Crippen LogP contribution in [0.15, 0.2) is 42.5 Å². The van der Waals surface area contributed by atoms with Gasteiger partial charge in [-0.1, -0.05) is 18.2 Å². The molecule has 2 aromatic carbocycles. The number of nitrogens with two attached hydrogens (primary N) is 2. The molecule has 1 aliphatic heterocycles. The molecule has 5 N–H and O–H groups in total. The first-order valence-corrected chi connectivity index (χ1v) is 6.81. The van der Waals surface area contributed by atoms with Crippen molar-refractivity contribution in [3.63, 3.8) is 0 Å². The van der Waals surface area contributed by atoms with Gasteiger partial charge in [-0.25, -0.2) is 0 Å². The molecule has 2 aromatic rings. The fraction of sp³-hybridized carbons (Fsp3) is 0.188. The van der Waals surface area contributed by atoms with E-state index >= 15 is 0 Å². The third-order valence-corrected chi connectivity index (χ3v) is 3.54. The predicted molar refractivity (Wildman–Crippen MR) is 82.4 cm³/mol. The molecular weight excluding hydrogens is 266 g/mol. The molecule has 0 aliphatic carbocycles. The lowest BCUT2D eigenvalue weighted by molar-refractivity contribution is 0.100. The van der Waals surface area contributed by atoms with E-state index in [-0.39, 0.29) is 6.10 Å². The number of ether oxygens (including phenoxy) is 1. The van der Waals surface area contributed by atoms with Gasteiger partial charge in [-0.3, -0.25) is 4.79 Å². The van der Waals surface area contributed by atoms with E-state index < -0.39 is 5.91 Å². The molecule has 0 fully saturated rings. The van der Waals surface area contributed by atoms with Gasteiger partial charge in [0.15, 0.2) is 0 Å². The number of primary amides is 1. The maximum absolute atomic E-state index is 11.4.